The molecule has 1 amide bonds. The Balaban J connectivity index is 1.57. The molecule has 1 aliphatic heterocycles. The minimum Gasteiger partial charge on any atom is -0.461 e. The molecule has 0 spiro atoms. The Hall–Kier alpha value is -2.54. The van der Waals surface area contributed by atoms with Crippen molar-refractivity contribution in [2.24, 2.45) is 0 Å². The number of carbonyl (C=O) groups is 1. The molecular weight excluding hydrogens is 487 g/mol. The van der Waals surface area contributed by atoms with Gasteiger partial charge in [0.15, 0.2) is 0 Å². The van der Waals surface area contributed by atoms with Crippen LogP contribution in [0.4, 0.5) is 11.4 Å². The Bertz CT molecular complexity index is 1160. The van der Waals surface area contributed by atoms with Crippen molar-refractivity contribution in [3.8, 4) is 0 Å². The van der Waals surface area contributed by atoms with Gasteiger partial charge in [-0.15, -0.1) is 0 Å². The van der Waals surface area contributed by atoms with E-state index in [1.807, 2.05) is 36.4 Å². The molecule has 0 saturated heterocycles. The van der Waals surface area contributed by atoms with Crippen molar-refractivity contribution < 1.29 is 9.21 Å². The van der Waals surface area contributed by atoms with Gasteiger partial charge in [0.05, 0.1) is 5.57 Å². The molecule has 0 saturated carbocycles. The first-order valence-electron chi connectivity index (χ1n) is 10.4. The molecular formula is C25H23IN2O2. The summed E-state index contributed by atoms with van der Waals surface area (Å²) in [7, 11) is 0. The first kappa shape index (κ1) is 19.4. The fourth-order valence-electron chi connectivity index (χ4n) is 4.42. The number of benzene rings is 2. The van der Waals surface area contributed by atoms with E-state index in [1.54, 1.807) is 0 Å². The average Bonchev–Trinajstić information content (AvgIpc) is 3.27. The van der Waals surface area contributed by atoms with Crippen molar-refractivity contribution in [2.75, 3.05) is 10.6 Å². The van der Waals surface area contributed by atoms with Gasteiger partial charge in [-0.25, -0.2) is 0 Å². The van der Waals surface area contributed by atoms with Crippen LogP contribution < -0.4 is 10.6 Å². The van der Waals surface area contributed by atoms with Crippen molar-refractivity contribution in [2.45, 2.75) is 39.2 Å². The maximum Gasteiger partial charge on any atom is 0.256 e. The van der Waals surface area contributed by atoms with Crippen LogP contribution in [0.1, 0.15) is 46.6 Å². The summed E-state index contributed by atoms with van der Waals surface area (Å²) in [5, 5.41) is 6.53. The van der Waals surface area contributed by atoms with Gasteiger partial charge < -0.3 is 15.1 Å². The van der Waals surface area contributed by atoms with Crippen molar-refractivity contribution in [1.29, 1.82) is 0 Å². The number of anilines is 2. The molecule has 3 aromatic rings. The second kappa shape index (κ2) is 7.95. The van der Waals surface area contributed by atoms with Gasteiger partial charge in [0, 0.05) is 39.0 Å². The second-order valence-corrected chi connectivity index (χ2v) is 9.04. The van der Waals surface area contributed by atoms with Gasteiger partial charge in [0.25, 0.3) is 5.91 Å². The lowest BCUT2D eigenvalue weighted by Gasteiger charge is -2.12. The third-order valence-electron chi connectivity index (χ3n) is 5.99. The number of furan rings is 1. The standard InChI is InChI=1S/C25H23IN2O2/c1-15-20(26)11-12-21-24(15)18(25(29)28-21)13-23-19(14-27-16-7-3-2-4-8-16)17-9-5-6-10-22(17)30-23/h2-4,7-8,11-13,27H,5-6,9-10,14H2,1H3,(H,28,29). The van der Waals surface area contributed by atoms with E-state index < -0.39 is 0 Å². The normalized spacial score (nSPS) is 16.3. The maximum absolute atomic E-state index is 12.8. The molecule has 2 N–H and O–H groups in total. The van der Waals surface area contributed by atoms with E-state index in [4.69, 9.17) is 4.42 Å². The zero-order valence-corrected chi connectivity index (χ0v) is 19.0. The third-order valence-corrected chi connectivity index (χ3v) is 7.16. The topological polar surface area (TPSA) is 54.3 Å². The molecule has 0 radical (unpaired) electrons. The van der Waals surface area contributed by atoms with E-state index >= 15 is 0 Å². The first-order valence-corrected chi connectivity index (χ1v) is 11.4. The summed E-state index contributed by atoms with van der Waals surface area (Å²) in [6.07, 6.45) is 6.29. The highest BCUT2D eigenvalue weighted by atomic mass is 127. The van der Waals surface area contributed by atoms with Crippen LogP contribution in [0.5, 0.6) is 0 Å². The van der Waals surface area contributed by atoms with E-state index in [1.165, 1.54) is 17.5 Å². The Morgan fingerprint density at radius 1 is 1.13 bits per heavy atom. The lowest BCUT2D eigenvalue weighted by Crippen LogP contribution is -2.06. The summed E-state index contributed by atoms with van der Waals surface area (Å²) in [5.74, 6) is 1.82. The average molecular weight is 510 g/mol. The molecule has 0 unspecified atom stereocenters. The molecule has 152 valence electrons. The number of halogens is 1. The quantitative estimate of drug-likeness (QED) is 0.326. The summed E-state index contributed by atoms with van der Waals surface area (Å²) in [6, 6.07) is 14.2. The number of hydrogen-bond acceptors (Lipinski definition) is 3. The number of hydrogen-bond donors (Lipinski definition) is 2. The van der Waals surface area contributed by atoms with Gasteiger partial charge in [0.2, 0.25) is 0 Å². The highest BCUT2D eigenvalue weighted by molar-refractivity contribution is 14.1. The molecule has 4 nitrogen and oxygen atoms in total. The smallest absolute Gasteiger partial charge is 0.256 e. The number of nitrogens with one attached hydrogen (secondary N) is 2. The molecule has 2 aliphatic rings. The molecule has 1 aliphatic carbocycles. The SMILES string of the molecule is Cc1c(I)ccc2c1C(=Cc1oc3c(c1CNc1ccccc1)CCCC3)C(=O)N2. The molecule has 0 fully saturated rings. The highest BCUT2D eigenvalue weighted by Gasteiger charge is 2.29. The Morgan fingerprint density at radius 2 is 1.93 bits per heavy atom. The Kier molecular flexibility index (Phi) is 5.15. The molecule has 1 aromatic heterocycles. The predicted molar refractivity (Wildman–Crippen MR) is 130 cm³/mol. The monoisotopic (exact) mass is 510 g/mol. The van der Waals surface area contributed by atoms with Crippen LogP contribution in [0.2, 0.25) is 0 Å². The fourth-order valence-corrected chi connectivity index (χ4v) is 4.87. The fraction of sp³-hybridized carbons (Fsp3) is 0.240. The summed E-state index contributed by atoms with van der Waals surface area (Å²) < 4.78 is 7.47. The van der Waals surface area contributed by atoms with E-state index in [0.29, 0.717) is 12.1 Å². The van der Waals surface area contributed by atoms with Crippen LogP contribution in [0.3, 0.4) is 0 Å². The van der Waals surface area contributed by atoms with Crippen LogP contribution in [0.25, 0.3) is 11.6 Å². The van der Waals surface area contributed by atoms with E-state index in [9.17, 15) is 4.79 Å². The molecule has 5 rings (SSSR count). The molecule has 0 atom stereocenters. The van der Waals surface area contributed by atoms with Crippen LogP contribution in [0, 0.1) is 10.5 Å². The zero-order chi connectivity index (χ0) is 20.7. The van der Waals surface area contributed by atoms with Gasteiger partial charge in [0.1, 0.15) is 11.5 Å². The summed E-state index contributed by atoms with van der Waals surface area (Å²) in [5.41, 5.74) is 7.25. The molecule has 2 heterocycles. The highest BCUT2D eigenvalue weighted by Crippen LogP contribution is 2.39. The van der Waals surface area contributed by atoms with Crippen LogP contribution in [0.15, 0.2) is 46.9 Å². The summed E-state index contributed by atoms with van der Waals surface area (Å²) in [4.78, 5) is 12.8. The second-order valence-electron chi connectivity index (χ2n) is 7.88. The minimum atomic E-state index is -0.0635. The molecule has 5 heteroatoms. The van der Waals surface area contributed by atoms with Crippen molar-refractivity contribution >= 4 is 51.5 Å². The van der Waals surface area contributed by atoms with Crippen molar-refractivity contribution in [3.05, 3.63) is 79.8 Å². The number of para-hydroxylation sites is 1. The van der Waals surface area contributed by atoms with Gasteiger partial charge in [-0.1, -0.05) is 18.2 Å². The maximum atomic E-state index is 12.8. The van der Waals surface area contributed by atoms with Crippen molar-refractivity contribution in [1.82, 2.24) is 0 Å². The van der Waals surface area contributed by atoms with Gasteiger partial charge >= 0.3 is 0 Å². The number of rotatable bonds is 4. The van der Waals surface area contributed by atoms with E-state index in [0.717, 1.165) is 56.9 Å². The van der Waals surface area contributed by atoms with E-state index in [-0.39, 0.29) is 5.91 Å². The minimum absolute atomic E-state index is 0.0635. The number of carbonyl (C=O) groups excluding carboxylic acids is 1. The Morgan fingerprint density at radius 3 is 2.77 bits per heavy atom. The third kappa shape index (κ3) is 3.45. The lowest BCUT2D eigenvalue weighted by atomic mass is 9.93. The van der Waals surface area contributed by atoms with Gasteiger partial charge in [-0.2, -0.15) is 0 Å². The number of aryl methyl sites for hydroxylation is 1. The van der Waals surface area contributed by atoms with Crippen molar-refractivity contribution in [3.63, 3.8) is 0 Å². The predicted octanol–water partition coefficient (Wildman–Crippen LogP) is 6.18. The van der Waals surface area contributed by atoms with Crippen LogP contribution >= 0.6 is 22.6 Å². The summed E-state index contributed by atoms with van der Waals surface area (Å²) >= 11 is 2.32. The Labute approximate surface area is 189 Å². The van der Waals surface area contributed by atoms with E-state index in [2.05, 4.69) is 52.3 Å². The summed E-state index contributed by atoms with van der Waals surface area (Å²) in [6.45, 7) is 2.75. The van der Waals surface area contributed by atoms with Crippen LogP contribution in [-0.2, 0) is 24.2 Å². The van der Waals surface area contributed by atoms with Gasteiger partial charge in [-0.05, 0) is 90.2 Å². The molecule has 0 bridgehead atoms. The van der Waals surface area contributed by atoms with Gasteiger partial charge in [-0.3, -0.25) is 4.79 Å². The first-order chi connectivity index (χ1) is 14.6. The zero-order valence-electron chi connectivity index (χ0n) is 16.8. The molecule has 2 aromatic carbocycles. The molecule has 30 heavy (non-hydrogen) atoms. The lowest BCUT2D eigenvalue weighted by molar-refractivity contribution is -0.110. The number of amides is 1. The number of fused-ring (bicyclic) bond motifs is 2. The van der Waals surface area contributed by atoms with Crippen LogP contribution in [-0.4, -0.2) is 5.91 Å². The largest absolute Gasteiger partial charge is 0.461 e.